The van der Waals surface area contributed by atoms with Crippen LogP contribution < -0.4 is 5.32 Å². The summed E-state index contributed by atoms with van der Waals surface area (Å²) in [4.78, 5) is 3.47. The summed E-state index contributed by atoms with van der Waals surface area (Å²) in [6, 6.07) is 10.7. The van der Waals surface area contributed by atoms with Gasteiger partial charge >= 0.3 is 0 Å². The molecule has 162 valence electrons. The molecule has 0 amide bonds. The number of aliphatic hydroxyl groups is 1. The first-order valence-electron chi connectivity index (χ1n) is 11.0. The SMILES string of the molecule is Cc1cc(-c2cccc3c(C)c[nH]c23)c(C#Cc2ccsc2)c2c1NC(C)(C)[C@H](O)[C@H]2C. The molecule has 3 N–H and O–H groups in total. The standard InChI is InChI=1S/C28H28N2OS/c1-16-13-23(22-8-6-7-20-17(2)14-29-26(20)22)21(10-9-19-11-12-32-15-19)24-18(3)27(31)28(4,5)30-25(16)24/h6-8,11-15,18,27,29-31H,1-5H3/t18-,27+/m0/s1. The lowest BCUT2D eigenvalue weighted by molar-refractivity contribution is 0.0868. The van der Waals surface area contributed by atoms with E-state index in [0.717, 1.165) is 39.0 Å². The molecule has 0 aliphatic carbocycles. The van der Waals surface area contributed by atoms with Crippen LogP contribution in [0, 0.1) is 25.7 Å². The van der Waals surface area contributed by atoms with Gasteiger partial charge in [0.25, 0.3) is 0 Å². The maximum absolute atomic E-state index is 11.1. The minimum absolute atomic E-state index is 0.0451. The van der Waals surface area contributed by atoms with Gasteiger partial charge in [0.05, 0.1) is 17.2 Å². The van der Waals surface area contributed by atoms with Crippen molar-refractivity contribution in [1.29, 1.82) is 0 Å². The molecule has 2 aromatic carbocycles. The van der Waals surface area contributed by atoms with Crippen molar-refractivity contribution >= 4 is 27.9 Å². The Morgan fingerprint density at radius 2 is 1.88 bits per heavy atom. The second-order valence-electron chi connectivity index (χ2n) is 9.45. The summed E-state index contributed by atoms with van der Waals surface area (Å²) >= 11 is 1.65. The van der Waals surface area contributed by atoms with Gasteiger partial charge in [-0.2, -0.15) is 11.3 Å². The van der Waals surface area contributed by atoms with E-state index < -0.39 is 11.6 Å². The lowest BCUT2D eigenvalue weighted by atomic mass is 9.75. The number of para-hydroxylation sites is 1. The van der Waals surface area contributed by atoms with Crippen LogP contribution in [0.25, 0.3) is 22.0 Å². The molecule has 5 rings (SSSR count). The lowest BCUT2D eigenvalue weighted by Gasteiger charge is -2.43. The molecule has 3 heterocycles. The average Bonchev–Trinajstić information content (AvgIpc) is 3.42. The molecule has 3 nitrogen and oxygen atoms in total. The summed E-state index contributed by atoms with van der Waals surface area (Å²) in [7, 11) is 0. The van der Waals surface area contributed by atoms with Gasteiger partial charge in [-0.15, -0.1) is 0 Å². The van der Waals surface area contributed by atoms with Crippen molar-refractivity contribution in [3.8, 4) is 23.0 Å². The first kappa shape index (κ1) is 20.9. The smallest absolute Gasteiger partial charge is 0.0831 e. The van der Waals surface area contributed by atoms with Crippen LogP contribution in [0.2, 0.25) is 0 Å². The topological polar surface area (TPSA) is 48.0 Å². The molecule has 0 saturated carbocycles. The highest BCUT2D eigenvalue weighted by molar-refractivity contribution is 7.08. The Morgan fingerprint density at radius 1 is 1.06 bits per heavy atom. The number of hydrogen-bond donors (Lipinski definition) is 3. The number of H-pyrrole nitrogens is 1. The third kappa shape index (κ3) is 3.24. The van der Waals surface area contributed by atoms with Gasteiger partial charge in [0, 0.05) is 50.8 Å². The van der Waals surface area contributed by atoms with Crippen LogP contribution in [0.5, 0.6) is 0 Å². The van der Waals surface area contributed by atoms with E-state index in [1.165, 1.54) is 16.5 Å². The lowest BCUT2D eigenvalue weighted by Crippen LogP contribution is -2.50. The van der Waals surface area contributed by atoms with Crippen LogP contribution in [0.1, 0.15) is 54.5 Å². The van der Waals surface area contributed by atoms with Gasteiger partial charge < -0.3 is 15.4 Å². The molecular weight excluding hydrogens is 412 g/mol. The van der Waals surface area contributed by atoms with Crippen molar-refractivity contribution in [2.75, 3.05) is 5.32 Å². The predicted octanol–water partition coefficient (Wildman–Crippen LogP) is 6.58. The largest absolute Gasteiger partial charge is 0.390 e. The molecule has 0 bridgehead atoms. The van der Waals surface area contributed by atoms with E-state index in [4.69, 9.17) is 0 Å². The molecule has 2 atom stereocenters. The summed E-state index contributed by atoms with van der Waals surface area (Å²) in [5.41, 5.74) is 9.58. The Hall–Kier alpha value is -3.00. The fourth-order valence-electron chi connectivity index (χ4n) is 4.98. The van der Waals surface area contributed by atoms with E-state index in [9.17, 15) is 5.11 Å². The van der Waals surface area contributed by atoms with Gasteiger partial charge in [-0.25, -0.2) is 0 Å². The summed E-state index contributed by atoms with van der Waals surface area (Å²) in [5, 5.41) is 20.1. The average molecular weight is 441 g/mol. The van der Waals surface area contributed by atoms with E-state index in [2.05, 4.69) is 98.0 Å². The number of nitrogens with one attached hydrogen (secondary N) is 2. The number of aromatic nitrogens is 1. The van der Waals surface area contributed by atoms with E-state index in [1.807, 2.05) is 6.07 Å². The maximum atomic E-state index is 11.1. The monoisotopic (exact) mass is 440 g/mol. The molecule has 0 radical (unpaired) electrons. The number of aromatic amines is 1. The number of aliphatic hydroxyl groups excluding tert-OH is 1. The van der Waals surface area contributed by atoms with E-state index >= 15 is 0 Å². The number of hydrogen-bond acceptors (Lipinski definition) is 3. The van der Waals surface area contributed by atoms with Crippen LogP contribution in [-0.4, -0.2) is 21.7 Å². The highest BCUT2D eigenvalue weighted by atomic mass is 32.1. The highest BCUT2D eigenvalue weighted by Gasteiger charge is 2.40. The van der Waals surface area contributed by atoms with Crippen molar-refractivity contribution in [2.45, 2.75) is 52.2 Å². The van der Waals surface area contributed by atoms with Gasteiger partial charge in [0.2, 0.25) is 0 Å². The molecular formula is C28H28N2OS. The van der Waals surface area contributed by atoms with Crippen molar-refractivity contribution in [3.05, 3.63) is 75.1 Å². The normalized spacial score (nSPS) is 19.2. The molecule has 1 aliphatic rings. The Bertz CT molecular complexity index is 1380. The van der Waals surface area contributed by atoms with Gasteiger partial charge in [0.15, 0.2) is 0 Å². The van der Waals surface area contributed by atoms with E-state index in [1.54, 1.807) is 11.3 Å². The van der Waals surface area contributed by atoms with Gasteiger partial charge in [-0.05, 0) is 61.9 Å². The number of benzene rings is 2. The summed E-state index contributed by atoms with van der Waals surface area (Å²) < 4.78 is 0. The Labute approximate surface area is 193 Å². The molecule has 0 saturated heterocycles. The number of rotatable bonds is 1. The van der Waals surface area contributed by atoms with Gasteiger partial charge in [0.1, 0.15) is 0 Å². The van der Waals surface area contributed by atoms with E-state index in [0.29, 0.717) is 0 Å². The Balaban J connectivity index is 1.84. The zero-order valence-electron chi connectivity index (χ0n) is 19.1. The number of fused-ring (bicyclic) bond motifs is 2. The van der Waals surface area contributed by atoms with Crippen molar-refractivity contribution in [1.82, 2.24) is 4.98 Å². The molecule has 1 aliphatic heterocycles. The van der Waals surface area contributed by atoms with Crippen molar-refractivity contribution < 1.29 is 5.11 Å². The number of thiophene rings is 1. The van der Waals surface area contributed by atoms with Crippen LogP contribution >= 0.6 is 11.3 Å². The minimum Gasteiger partial charge on any atom is -0.390 e. The highest BCUT2D eigenvalue weighted by Crippen LogP contribution is 2.46. The van der Waals surface area contributed by atoms with Gasteiger partial charge in [-0.1, -0.05) is 37.0 Å². The quantitative estimate of drug-likeness (QED) is 0.293. The molecule has 0 fully saturated rings. The second kappa shape index (κ2) is 7.55. The zero-order valence-corrected chi connectivity index (χ0v) is 19.9. The minimum atomic E-state index is -0.519. The summed E-state index contributed by atoms with van der Waals surface area (Å²) in [6.07, 6.45) is 1.54. The second-order valence-corrected chi connectivity index (χ2v) is 10.2. The van der Waals surface area contributed by atoms with Gasteiger partial charge in [-0.3, -0.25) is 0 Å². The molecule has 0 unspecified atom stereocenters. The number of aryl methyl sites for hydroxylation is 2. The van der Waals surface area contributed by atoms with Crippen LogP contribution in [-0.2, 0) is 0 Å². The third-order valence-corrected chi connectivity index (χ3v) is 7.43. The molecule has 4 heteroatoms. The molecule has 2 aromatic heterocycles. The number of anilines is 1. The summed E-state index contributed by atoms with van der Waals surface area (Å²) in [5.74, 6) is 6.84. The molecule has 0 spiro atoms. The van der Waals surface area contributed by atoms with Crippen molar-refractivity contribution in [2.24, 2.45) is 0 Å². The first-order valence-corrected chi connectivity index (χ1v) is 12.0. The Morgan fingerprint density at radius 3 is 2.62 bits per heavy atom. The van der Waals surface area contributed by atoms with Crippen molar-refractivity contribution in [3.63, 3.8) is 0 Å². The zero-order chi connectivity index (χ0) is 22.6. The fraction of sp³-hybridized carbons (Fsp3) is 0.286. The van der Waals surface area contributed by atoms with Crippen LogP contribution in [0.15, 0.2) is 47.3 Å². The fourth-order valence-corrected chi connectivity index (χ4v) is 5.57. The molecule has 4 aromatic rings. The van der Waals surface area contributed by atoms with E-state index in [-0.39, 0.29) is 5.92 Å². The predicted molar refractivity (Wildman–Crippen MR) is 136 cm³/mol. The maximum Gasteiger partial charge on any atom is 0.0831 e. The van der Waals surface area contributed by atoms with Crippen LogP contribution in [0.3, 0.4) is 0 Å². The molecule has 32 heavy (non-hydrogen) atoms. The third-order valence-electron chi connectivity index (χ3n) is 6.74. The first-order chi connectivity index (χ1) is 15.3. The summed E-state index contributed by atoms with van der Waals surface area (Å²) in [6.45, 7) is 10.5. The Kier molecular flexibility index (Phi) is 4.93. The van der Waals surface area contributed by atoms with Crippen LogP contribution in [0.4, 0.5) is 5.69 Å².